The van der Waals surface area contributed by atoms with Crippen LogP contribution in [0, 0.1) is 0 Å². The van der Waals surface area contributed by atoms with Crippen LogP contribution in [0.25, 0.3) is 0 Å². The van der Waals surface area contributed by atoms with Gasteiger partial charge in [0.1, 0.15) is 0 Å². The number of piperidine rings is 1. The van der Waals surface area contributed by atoms with Crippen molar-refractivity contribution in [1.82, 2.24) is 13.4 Å². The third kappa shape index (κ3) is 3.01. The fourth-order valence-corrected chi connectivity index (χ4v) is 4.25. The molecule has 0 amide bonds. The molecule has 0 aliphatic carbocycles. The fraction of sp³-hybridized carbons (Fsp3) is 0.692. The molecule has 1 atom stereocenters. The van der Waals surface area contributed by atoms with E-state index in [1.54, 1.807) is 0 Å². The standard InChI is InChI=1S/C13H21N3O5S/c1-4-21-10-6-5-7-16(8-10)22(19,20)11-9-14(2)13(18)15(3)12(11)17/h9-10H,4-8H2,1-3H3/t10-/m0/s1. The second kappa shape index (κ2) is 6.35. The average Bonchev–Trinajstić information content (AvgIpc) is 2.49. The van der Waals surface area contributed by atoms with Crippen LogP contribution < -0.4 is 11.2 Å². The number of aryl methyl sites for hydroxylation is 1. The van der Waals surface area contributed by atoms with Crippen molar-refractivity contribution < 1.29 is 13.2 Å². The lowest BCUT2D eigenvalue weighted by atomic mass is 10.1. The van der Waals surface area contributed by atoms with E-state index >= 15 is 0 Å². The molecule has 8 nitrogen and oxygen atoms in total. The van der Waals surface area contributed by atoms with Crippen molar-refractivity contribution in [2.24, 2.45) is 14.1 Å². The first kappa shape index (κ1) is 16.9. The van der Waals surface area contributed by atoms with E-state index in [4.69, 9.17) is 4.74 Å². The van der Waals surface area contributed by atoms with E-state index in [-0.39, 0.29) is 17.5 Å². The Bertz CT molecular complexity index is 763. The molecular formula is C13H21N3O5S. The summed E-state index contributed by atoms with van der Waals surface area (Å²) in [6.07, 6.45) is 2.40. The Labute approximate surface area is 129 Å². The maximum absolute atomic E-state index is 12.7. The summed E-state index contributed by atoms with van der Waals surface area (Å²) in [6, 6.07) is 0. The van der Waals surface area contributed by atoms with Crippen LogP contribution in [-0.2, 0) is 28.9 Å². The highest BCUT2D eigenvalue weighted by atomic mass is 32.2. The lowest BCUT2D eigenvalue weighted by Crippen LogP contribution is -2.47. The Balaban J connectivity index is 2.43. The monoisotopic (exact) mass is 331 g/mol. The highest BCUT2D eigenvalue weighted by molar-refractivity contribution is 7.89. The SMILES string of the molecule is CCO[C@H]1CCCN(S(=O)(=O)c2cn(C)c(=O)n(C)c2=O)C1. The van der Waals surface area contributed by atoms with Crippen molar-refractivity contribution in [2.45, 2.75) is 30.8 Å². The van der Waals surface area contributed by atoms with Crippen LogP contribution in [-0.4, -0.2) is 47.7 Å². The molecule has 1 saturated heterocycles. The molecule has 124 valence electrons. The minimum atomic E-state index is -3.95. The second-order valence-electron chi connectivity index (χ2n) is 5.33. The van der Waals surface area contributed by atoms with Crippen LogP contribution in [0.4, 0.5) is 0 Å². The molecule has 0 aromatic carbocycles. The maximum Gasteiger partial charge on any atom is 0.330 e. The van der Waals surface area contributed by atoms with Crippen LogP contribution in [0.15, 0.2) is 20.7 Å². The van der Waals surface area contributed by atoms with Gasteiger partial charge in [0.2, 0.25) is 10.0 Å². The Hall–Kier alpha value is -1.45. The predicted molar refractivity (Wildman–Crippen MR) is 80.3 cm³/mol. The Morgan fingerprint density at radius 3 is 2.64 bits per heavy atom. The lowest BCUT2D eigenvalue weighted by molar-refractivity contribution is 0.0264. The summed E-state index contributed by atoms with van der Waals surface area (Å²) in [6.45, 7) is 2.94. The lowest BCUT2D eigenvalue weighted by Gasteiger charge is -2.31. The van der Waals surface area contributed by atoms with E-state index in [1.807, 2.05) is 6.92 Å². The van der Waals surface area contributed by atoms with Gasteiger partial charge in [0.25, 0.3) is 5.56 Å². The number of hydrogen-bond donors (Lipinski definition) is 0. The molecule has 0 bridgehead atoms. The van der Waals surface area contributed by atoms with Crippen LogP contribution in [0.3, 0.4) is 0 Å². The zero-order valence-corrected chi connectivity index (χ0v) is 13.8. The predicted octanol–water partition coefficient (Wildman–Crippen LogP) is -0.726. The molecule has 9 heteroatoms. The van der Waals surface area contributed by atoms with Crippen LogP contribution in [0.1, 0.15) is 19.8 Å². The third-order valence-electron chi connectivity index (χ3n) is 3.78. The van der Waals surface area contributed by atoms with Crippen molar-refractivity contribution in [3.05, 3.63) is 27.0 Å². The van der Waals surface area contributed by atoms with Gasteiger partial charge in [0, 0.05) is 40.0 Å². The van der Waals surface area contributed by atoms with Gasteiger partial charge < -0.3 is 9.30 Å². The molecule has 1 aliphatic rings. The molecule has 0 spiro atoms. The molecule has 2 rings (SSSR count). The van der Waals surface area contributed by atoms with Crippen LogP contribution >= 0.6 is 0 Å². The number of hydrogen-bond acceptors (Lipinski definition) is 5. The van der Waals surface area contributed by atoms with E-state index < -0.39 is 21.3 Å². The summed E-state index contributed by atoms with van der Waals surface area (Å²) in [4.78, 5) is 23.5. The maximum atomic E-state index is 12.7. The Morgan fingerprint density at radius 2 is 2.00 bits per heavy atom. The summed E-state index contributed by atoms with van der Waals surface area (Å²) in [7, 11) is -1.26. The minimum absolute atomic E-state index is 0.162. The molecule has 0 N–H and O–H groups in total. The van der Waals surface area contributed by atoms with Crippen molar-refractivity contribution in [3.63, 3.8) is 0 Å². The number of rotatable bonds is 4. The molecule has 1 aromatic rings. The van der Waals surface area contributed by atoms with Gasteiger partial charge in [-0.1, -0.05) is 0 Å². The fourth-order valence-electron chi connectivity index (χ4n) is 2.59. The van der Waals surface area contributed by atoms with E-state index in [0.717, 1.165) is 21.8 Å². The van der Waals surface area contributed by atoms with Gasteiger partial charge in [0.05, 0.1) is 6.10 Å². The van der Waals surface area contributed by atoms with E-state index in [9.17, 15) is 18.0 Å². The van der Waals surface area contributed by atoms with Crippen molar-refractivity contribution in [3.8, 4) is 0 Å². The van der Waals surface area contributed by atoms with Gasteiger partial charge in [-0.15, -0.1) is 0 Å². The molecule has 0 unspecified atom stereocenters. The molecule has 1 fully saturated rings. The summed E-state index contributed by atoms with van der Waals surface area (Å²) in [5, 5.41) is 0. The summed E-state index contributed by atoms with van der Waals surface area (Å²) >= 11 is 0. The highest BCUT2D eigenvalue weighted by Crippen LogP contribution is 2.19. The van der Waals surface area contributed by atoms with Gasteiger partial charge in [-0.05, 0) is 19.8 Å². The van der Waals surface area contributed by atoms with Gasteiger partial charge in [-0.25, -0.2) is 13.2 Å². The Morgan fingerprint density at radius 1 is 1.32 bits per heavy atom. The molecule has 2 heterocycles. The van der Waals surface area contributed by atoms with Crippen molar-refractivity contribution >= 4 is 10.0 Å². The van der Waals surface area contributed by atoms with Gasteiger partial charge in [-0.3, -0.25) is 9.36 Å². The van der Waals surface area contributed by atoms with Crippen molar-refractivity contribution in [1.29, 1.82) is 0 Å². The molecule has 0 saturated carbocycles. The normalized spacial score (nSPS) is 20.2. The highest BCUT2D eigenvalue weighted by Gasteiger charge is 2.33. The van der Waals surface area contributed by atoms with E-state index in [0.29, 0.717) is 19.6 Å². The molecule has 1 aromatic heterocycles. The average molecular weight is 331 g/mol. The Kier molecular flexibility index (Phi) is 4.88. The minimum Gasteiger partial charge on any atom is -0.377 e. The van der Waals surface area contributed by atoms with Gasteiger partial charge in [-0.2, -0.15) is 4.31 Å². The molecule has 1 aliphatic heterocycles. The first-order chi connectivity index (χ1) is 10.3. The largest absolute Gasteiger partial charge is 0.377 e. The summed E-state index contributed by atoms with van der Waals surface area (Å²) < 4.78 is 34.1. The van der Waals surface area contributed by atoms with Crippen molar-refractivity contribution in [2.75, 3.05) is 19.7 Å². The first-order valence-electron chi connectivity index (χ1n) is 7.17. The summed E-state index contributed by atoms with van der Waals surface area (Å²) in [5.74, 6) is 0. The topological polar surface area (TPSA) is 90.6 Å². The zero-order chi connectivity index (χ0) is 16.5. The summed E-state index contributed by atoms with van der Waals surface area (Å²) in [5.41, 5.74) is -1.36. The molecule has 22 heavy (non-hydrogen) atoms. The number of aromatic nitrogens is 2. The number of sulfonamides is 1. The number of ether oxygens (including phenoxy) is 1. The molecule has 0 radical (unpaired) electrons. The first-order valence-corrected chi connectivity index (χ1v) is 8.61. The molecular weight excluding hydrogens is 310 g/mol. The van der Waals surface area contributed by atoms with Gasteiger partial charge >= 0.3 is 5.69 Å². The van der Waals surface area contributed by atoms with E-state index in [1.165, 1.54) is 18.4 Å². The van der Waals surface area contributed by atoms with E-state index in [2.05, 4.69) is 0 Å². The van der Waals surface area contributed by atoms with Crippen LogP contribution in [0.2, 0.25) is 0 Å². The number of nitrogens with zero attached hydrogens (tertiary/aromatic N) is 3. The smallest absolute Gasteiger partial charge is 0.330 e. The second-order valence-corrected chi connectivity index (χ2v) is 7.24. The quantitative estimate of drug-likeness (QED) is 0.726. The van der Waals surface area contributed by atoms with Crippen LogP contribution in [0.5, 0.6) is 0 Å². The zero-order valence-electron chi connectivity index (χ0n) is 13.0. The third-order valence-corrected chi connectivity index (χ3v) is 5.62. The van der Waals surface area contributed by atoms with Gasteiger partial charge in [0.15, 0.2) is 4.90 Å².